The maximum atomic E-state index is 13.8. The first kappa shape index (κ1) is 29.6. The van der Waals surface area contributed by atoms with Gasteiger partial charge < -0.3 is 20.3 Å². The monoisotopic (exact) mass is 574 g/mol. The molecular formula is C31H34N4O5S. The minimum absolute atomic E-state index is 0.233. The van der Waals surface area contributed by atoms with Crippen molar-refractivity contribution in [1.29, 1.82) is 5.26 Å². The quantitative estimate of drug-likeness (QED) is 0.401. The number of carbonyl (C=O) groups excluding carboxylic acids is 2. The van der Waals surface area contributed by atoms with Gasteiger partial charge >= 0.3 is 6.09 Å². The van der Waals surface area contributed by atoms with Gasteiger partial charge in [0.2, 0.25) is 5.91 Å². The molecule has 1 aliphatic rings. The summed E-state index contributed by atoms with van der Waals surface area (Å²) in [5.74, 6) is -0.284. The lowest BCUT2D eigenvalue weighted by Crippen LogP contribution is -2.57. The highest BCUT2D eigenvalue weighted by Crippen LogP contribution is 2.32. The Balaban J connectivity index is 1.57. The van der Waals surface area contributed by atoms with Gasteiger partial charge in [-0.25, -0.2) is 13.2 Å². The van der Waals surface area contributed by atoms with Gasteiger partial charge in [-0.1, -0.05) is 36.4 Å². The highest BCUT2D eigenvalue weighted by Gasteiger charge is 2.43. The number of ether oxygens (including phenoxy) is 1. The number of nitrogens with zero attached hydrogens (tertiary/aromatic N) is 2. The predicted octanol–water partition coefficient (Wildman–Crippen LogP) is 5.45. The van der Waals surface area contributed by atoms with E-state index in [1.165, 1.54) is 6.26 Å². The smallest absolute Gasteiger partial charge is 0.410 e. The van der Waals surface area contributed by atoms with E-state index in [1.807, 2.05) is 0 Å². The maximum absolute atomic E-state index is 13.8. The molecule has 0 bridgehead atoms. The van der Waals surface area contributed by atoms with E-state index in [1.54, 1.807) is 98.5 Å². The lowest BCUT2D eigenvalue weighted by molar-refractivity contribution is -0.121. The van der Waals surface area contributed by atoms with Crippen LogP contribution in [0.1, 0.15) is 39.2 Å². The van der Waals surface area contributed by atoms with Crippen molar-refractivity contribution in [3.8, 4) is 17.2 Å². The molecule has 4 rings (SSSR count). The van der Waals surface area contributed by atoms with E-state index in [-0.39, 0.29) is 10.8 Å². The van der Waals surface area contributed by atoms with Gasteiger partial charge in [0.25, 0.3) is 0 Å². The fourth-order valence-corrected chi connectivity index (χ4v) is 5.67. The number of carbonyl (C=O) groups is 2. The van der Waals surface area contributed by atoms with E-state index in [9.17, 15) is 23.3 Å². The predicted molar refractivity (Wildman–Crippen MR) is 158 cm³/mol. The molecule has 41 heavy (non-hydrogen) atoms. The summed E-state index contributed by atoms with van der Waals surface area (Å²) in [6, 6.07) is 22.8. The minimum Gasteiger partial charge on any atom is -0.444 e. The van der Waals surface area contributed by atoms with Crippen molar-refractivity contribution in [2.24, 2.45) is 0 Å². The van der Waals surface area contributed by atoms with Crippen molar-refractivity contribution in [3.05, 3.63) is 78.4 Å². The second kappa shape index (κ2) is 11.6. The van der Waals surface area contributed by atoms with Gasteiger partial charge in [0, 0.05) is 36.3 Å². The molecule has 1 fully saturated rings. The fraction of sp³-hybridized carbons (Fsp3) is 0.323. The number of likely N-dealkylation sites (tertiary alicyclic amines) is 1. The summed E-state index contributed by atoms with van der Waals surface area (Å²) >= 11 is 0. The van der Waals surface area contributed by atoms with Crippen LogP contribution in [0.25, 0.3) is 11.1 Å². The molecule has 1 saturated heterocycles. The minimum atomic E-state index is -3.42. The van der Waals surface area contributed by atoms with Crippen LogP contribution in [-0.2, 0) is 19.4 Å². The first-order chi connectivity index (χ1) is 19.3. The van der Waals surface area contributed by atoms with Crippen LogP contribution in [0.15, 0.2) is 77.7 Å². The van der Waals surface area contributed by atoms with Crippen LogP contribution >= 0.6 is 0 Å². The number of hydrogen-bond donors (Lipinski definition) is 2. The number of nitrogens with one attached hydrogen (secondary N) is 2. The third-order valence-corrected chi connectivity index (χ3v) is 7.97. The Labute approximate surface area is 241 Å². The van der Waals surface area contributed by atoms with Crippen molar-refractivity contribution < 1.29 is 22.7 Å². The van der Waals surface area contributed by atoms with Crippen molar-refractivity contribution in [1.82, 2.24) is 4.90 Å². The summed E-state index contributed by atoms with van der Waals surface area (Å²) in [7, 11) is -3.42. The maximum Gasteiger partial charge on any atom is 0.410 e. The van der Waals surface area contributed by atoms with Crippen molar-refractivity contribution >= 4 is 33.2 Å². The zero-order chi connectivity index (χ0) is 29.8. The van der Waals surface area contributed by atoms with E-state index in [2.05, 4.69) is 16.7 Å². The fourth-order valence-electron chi connectivity index (χ4n) is 4.76. The van der Waals surface area contributed by atoms with Gasteiger partial charge in [0.15, 0.2) is 9.84 Å². The van der Waals surface area contributed by atoms with Crippen LogP contribution < -0.4 is 10.6 Å². The summed E-state index contributed by atoms with van der Waals surface area (Å²) in [6.45, 7) is 6.02. The number of anilines is 2. The zero-order valence-electron chi connectivity index (χ0n) is 23.6. The molecule has 2 amide bonds. The summed E-state index contributed by atoms with van der Waals surface area (Å²) < 4.78 is 30.0. The average Bonchev–Trinajstić information content (AvgIpc) is 2.92. The molecule has 1 heterocycles. The highest BCUT2D eigenvalue weighted by molar-refractivity contribution is 7.90. The molecule has 10 heteroatoms. The van der Waals surface area contributed by atoms with Gasteiger partial charge in [0.1, 0.15) is 11.1 Å². The Morgan fingerprint density at radius 1 is 0.951 bits per heavy atom. The Morgan fingerprint density at radius 3 is 2.22 bits per heavy atom. The number of rotatable bonds is 6. The number of benzene rings is 3. The number of sulfone groups is 1. The molecule has 1 aliphatic heterocycles. The highest BCUT2D eigenvalue weighted by atomic mass is 32.2. The molecular weight excluding hydrogens is 540 g/mol. The molecule has 0 radical (unpaired) electrons. The van der Waals surface area contributed by atoms with Crippen LogP contribution in [-0.4, -0.2) is 55.8 Å². The summed E-state index contributed by atoms with van der Waals surface area (Å²) in [5.41, 5.74) is 1.21. The van der Waals surface area contributed by atoms with Crippen LogP contribution in [0.2, 0.25) is 0 Å². The van der Waals surface area contributed by atoms with Crippen LogP contribution in [0, 0.1) is 11.3 Å². The van der Waals surface area contributed by atoms with Crippen LogP contribution in [0.5, 0.6) is 0 Å². The number of hydrogen-bond acceptors (Lipinski definition) is 7. The van der Waals surface area contributed by atoms with E-state index in [0.29, 0.717) is 54.0 Å². The van der Waals surface area contributed by atoms with Crippen molar-refractivity contribution in [2.75, 3.05) is 30.0 Å². The molecule has 2 N–H and O–H groups in total. The van der Waals surface area contributed by atoms with E-state index in [0.717, 1.165) is 0 Å². The molecule has 9 nitrogen and oxygen atoms in total. The van der Waals surface area contributed by atoms with Gasteiger partial charge in [0.05, 0.1) is 16.5 Å². The zero-order valence-corrected chi connectivity index (χ0v) is 24.4. The molecule has 0 spiro atoms. The Morgan fingerprint density at radius 2 is 1.61 bits per heavy atom. The molecule has 214 valence electrons. The van der Waals surface area contributed by atoms with Crippen molar-refractivity contribution in [3.63, 3.8) is 0 Å². The molecule has 3 aromatic rings. The topological polar surface area (TPSA) is 129 Å². The van der Waals surface area contributed by atoms with Gasteiger partial charge in [-0.15, -0.1) is 0 Å². The molecule has 3 aromatic carbocycles. The SMILES string of the molecule is CC(C)(C)OC(=O)N1CCC(Nc2cccc(C#N)c2)(C(=O)Nc2ccc(-c3ccccc3S(C)(=O)=O)cc2)CC1. The second-order valence-electron chi connectivity index (χ2n) is 11.2. The number of piperidine rings is 1. The van der Waals surface area contributed by atoms with Crippen molar-refractivity contribution in [2.45, 2.75) is 49.6 Å². The first-order valence-electron chi connectivity index (χ1n) is 13.3. The number of nitriles is 1. The lowest BCUT2D eigenvalue weighted by Gasteiger charge is -2.41. The third-order valence-electron chi connectivity index (χ3n) is 6.82. The average molecular weight is 575 g/mol. The summed E-state index contributed by atoms with van der Waals surface area (Å²) in [6.07, 6.45) is 1.37. The van der Waals surface area contributed by atoms with E-state index >= 15 is 0 Å². The first-order valence-corrected chi connectivity index (χ1v) is 15.2. The molecule has 0 unspecified atom stereocenters. The van der Waals surface area contributed by atoms with Gasteiger partial charge in [-0.3, -0.25) is 4.79 Å². The molecule has 0 aliphatic carbocycles. The van der Waals surface area contributed by atoms with Crippen LogP contribution in [0.4, 0.5) is 16.2 Å². The van der Waals surface area contributed by atoms with Gasteiger partial charge in [-0.05, 0) is 75.6 Å². The molecule has 0 atom stereocenters. The lowest BCUT2D eigenvalue weighted by atomic mass is 9.85. The van der Waals surface area contributed by atoms with Gasteiger partial charge in [-0.2, -0.15) is 5.26 Å². The summed E-state index contributed by atoms with van der Waals surface area (Å²) in [5, 5.41) is 15.7. The third kappa shape index (κ3) is 7.24. The second-order valence-corrected chi connectivity index (χ2v) is 13.2. The standard InChI is InChI=1S/C31H34N4O5S/c1-30(2,3)40-29(37)35-18-16-31(17-19-35,34-25-9-7-8-22(20-25)21-32)28(36)33-24-14-12-23(13-15-24)26-10-5-6-11-27(26)41(4,38)39/h5-15,20,34H,16-19H2,1-4H3,(H,33,36). The summed E-state index contributed by atoms with van der Waals surface area (Å²) in [4.78, 5) is 28.3. The Bertz CT molecular complexity index is 1580. The Kier molecular flexibility index (Phi) is 8.40. The largest absolute Gasteiger partial charge is 0.444 e. The van der Waals surface area contributed by atoms with E-state index < -0.39 is 27.1 Å². The molecule has 0 aromatic heterocycles. The number of amides is 2. The van der Waals surface area contributed by atoms with Crippen LogP contribution in [0.3, 0.4) is 0 Å². The molecule has 0 saturated carbocycles. The normalized spacial score (nSPS) is 15.0. The van der Waals surface area contributed by atoms with E-state index in [4.69, 9.17) is 4.74 Å². The Hall–Kier alpha value is -4.36.